The van der Waals surface area contributed by atoms with Crippen molar-refractivity contribution in [3.05, 3.63) is 46.6 Å². The number of ether oxygens (including phenoxy) is 2. The molecule has 0 spiro atoms. The van der Waals surface area contributed by atoms with Crippen molar-refractivity contribution in [2.45, 2.75) is 37.8 Å². The fourth-order valence-electron chi connectivity index (χ4n) is 5.62. The summed E-state index contributed by atoms with van der Waals surface area (Å²) in [6, 6.07) is 9.29. The van der Waals surface area contributed by atoms with Crippen molar-refractivity contribution < 1.29 is 14.3 Å². The summed E-state index contributed by atoms with van der Waals surface area (Å²) >= 11 is 6.32. The highest BCUT2D eigenvalue weighted by atomic mass is 35.5. The zero-order valence-corrected chi connectivity index (χ0v) is 22.4. The molecule has 3 aliphatic rings. The molecule has 3 aromatic rings. The number of rotatable bonds is 1. The smallest absolute Gasteiger partial charge is 0.258 e. The number of amides is 1. The maximum absolute atomic E-state index is 13.9. The number of piperidine rings is 1. The van der Waals surface area contributed by atoms with E-state index in [-0.39, 0.29) is 18.0 Å². The van der Waals surface area contributed by atoms with Gasteiger partial charge in [0.15, 0.2) is 5.65 Å². The third-order valence-corrected chi connectivity index (χ3v) is 7.92. The molecule has 2 saturated heterocycles. The first-order valence-corrected chi connectivity index (χ1v) is 13.8. The fraction of sp³-hybridized carbons (Fsp3) is 0.519. The molecule has 6 rings (SSSR count). The van der Waals surface area contributed by atoms with Crippen molar-refractivity contribution in [2.24, 2.45) is 5.73 Å². The number of likely N-dealkylation sites (N-methyl/N-ethyl adjacent to an activating group) is 1. The van der Waals surface area contributed by atoms with E-state index >= 15 is 0 Å². The van der Waals surface area contributed by atoms with Crippen LogP contribution in [-0.2, 0) is 4.74 Å². The van der Waals surface area contributed by atoms with Crippen LogP contribution in [0.4, 0.5) is 11.6 Å². The number of nitrogens with zero attached hydrogens (tertiary/aromatic N) is 6. The average Bonchev–Trinajstić information content (AvgIpc) is 3.56. The topological polar surface area (TPSA) is 101 Å². The molecule has 1 unspecified atom stereocenters. The van der Waals surface area contributed by atoms with Gasteiger partial charge in [-0.05, 0) is 43.9 Å². The Morgan fingerprint density at radius 3 is 2.79 bits per heavy atom. The molecule has 5 heterocycles. The Morgan fingerprint density at radius 2 is 1.95 bits per heavy atom. The van der Waals surface area contributed by atoms with Crippen LogP contribution >= 0.6 is 11.6 Å². The second-order valence-electron chi connectivity index (χ2n) is 10.3. The van der Waals surface area contributed by atoms with E-state index in [4.69, 9.17) is 36.9 Å². The van der Waals surface area contributed by atoms with E-state index in [0.29, 0.717) is 49.2 Å². The number of aromatic nitrogens is 3. The van der Waals surface area contributed by atoms with Crippen LogP contribution in [-0.4, -0.2) is 84.5 Å². The monoisotopic (exact) mass is 539 g/mol. The first kappa shape index (κ1) is 25.2. The maximum Gasteiger partial charge on any atom is 0.258 e. The molecular weight excluding hydrogens is 506 g/mol. The van der Waals surface area contributed by atoms with Crippen LogP contribution in [0.15, 0.2) is 30.3 Å². The van der Waals surface area contributed by atoms with Gasteiger partial charge in [-0.2, -0.15) is 9.61 Å². The minimum absolute atomic E-state index is 0.102. The normalized spacial score (nSPS) is 23.0. The number of hydrogen-bond donors (Lipinski definition) is 1. The number of carbonyl (C=O) groups excluding carboxylic acids is 1. The van der Waals surface area contributed by atoms with E-state index < -0.39 is 0 Å². The van der Waals surface area contributed by atoms with Crippen LogP contribution in [0.5, 0.6) is 5.75 Å². The van der Waals surface area contributed by atoms with Crippen LogP contribution < -0.4 is 20.3 Å². The second kappa shape index (κ2) is 10.6. The Hall–Kier alpha value is -3.08. The van der Waals surface area contributed by atoms with Gasteiger partial charge in [0.1, 0.15) is 24.0 Å². The minimum atomic E-state index is -0.164. The van der Waals surface area contributed by atoms with Crippen LogP contribution in [0, 0.1) is 0 Å². The molecule has 2 aromatic heterocycles. The summed E-state index contributed by atoms with van der Waals surface area (Å²) in [5.41, 5.74) is 8.26. The van der Waals surface area contributed by atoms with Crippen molar-refractivity contribution in [1.82, 2.24) is 19.5 Å². The molecule has 11 heteroatoms. The van der Waals surface area contributed by atoms with Gasteiger partial charge in [0, 0.05) is 56.4 Å². The summed E-state index contributed by atoms with van der Waals surface area (Å²) in [4.78, 5) is 25.2. The van der Waals surface area contributed by atoms with Gasteiger partial charge in [-0.15, -0.1) is 0 Å². The standard InChI is InChI=1S/C27H34ClN7O3/c1-32-10-11-37-12-13-38-23-6-5-18(28)14-20(23)27(36)34-8-3-2-4-22(34)21-15-25-30-24(16-26(32)35(25)31-21)33-9-7-19(29)17-33/h5-6,14-16,19,22H,2-4,7-13,17,29H2,1H3/t19-,22?/m0/s1. The lowest BCUT2D eigenvalue weighted by Crippen LogP contribution is -2.39. The molecule has 2 atom stereocenters. The minimum Gasteiger partial charge on any atom is -0.490 e. The molecule has 1 amide bonds. The van der Waals surface area contributed by atoms with E-state index in [0.717, 1.165) is 61.7 Å². The van der Waals surface area contributed by atoms with E-state index in [1.54, 1.807) is 18.2 Å². The lowest BCUT2D eigenvalue weighted by atomic mass is 9.98. The summed E-state index contributed by atoms with van der Waals surface area (Å²) in [5.74, 6) is 2.24. The molecule has 0 radical (unpaired) electrons. The summed E-state index contributed by atoms with van der Waals surface area (Å²) < 4.78 is 13.8. The summed E-state index contributed by atoms with van der Waals surface area (Å²) in [6.45, 7) is 4.24. The Morgan fingerprint density at radius 1 is 1.05 bits per heavy atom. The summed E-state index contributed by atoms with van der Waals surface area (Å²) in [7, 11) is 2.04. The fourth-order valence-corrected chi connectivity index (χ4v) is 5.79. The second-order valence-corrected chi connectivity index (χ2v) is 10.8. The molecule has 2 fully saturated rings. The molecular formula is C27H34ClN7O3. The van der Waals surface area contributed by atoms with Crippen molar-refractivity contribution in [2.75, 3.05) is 62.8 Å². The number of nitrogens with two attached hydrogens (primary N) is 1. The Balaban J connectivity index is 1.45. The van der Waals surface area contributed by atoms with Gasteiger partial charge in [-0.3, -0.25) is 4.79 Å². The molecule has 1 aromatic carbocycles. The highest BCUT2D eigenvalue weighted by molar-refractivity contribution is 6.31. The lowest BCUT2D eigenvalue weighted by molar-refractivity contribution is 0.0596. The molecule has 2 N–H and O–H groups in total. The van der Waals surface area contributed by atoms with Crippen molar-refractivity contribution in [3.63, 3.8) is 0 Å². The zero-order chi connectivity index (χ0) is 26.2. The third kappa shape index (κ3) is 4.88. The highest BCUT2D eigenvalue weighted by Crippen LogP contribution is 2.35. The van der Waals surface area contributed by atoms with E-state index in [9.17, 15) is 4.79 Å². The van der Waals surface area contributed by atoms with Gasteiger partial charge in [0.2, 0.25) is 0 Å². The first-order valence-electron chi connectivity index (χ1n) is 13.4. The Labute approximate surface area is 227 Å². The lowest BCUT2D eigenvalue weighted by Gasteiger charge is -2.35. The van der Waals surface area contributed by atoms with Gasteiger partial charge in [0.05, 0.1) is 30.5 Å². The van der Waals surface area contributed by atoms with Crippen LogP contribution in [0.25, 0.3) is 5.65 Å². The SMILES string of the molecule is CN1CCOCCOc2ccc(Cl)cc2C(=O)N2CCCCC2c2cc3nc(N4CC[C@H](N)C4)cc1n3n2. The molecule has 38 heavy (non-hydrogen) atoms. The molecule has 0 aliphatic carbocycles. The predicted molar refractivity (Wildman–Crippen MR) is 146 cm³/mol. The quantitative estimate of drug-likeness (QED) is 0.503. The Kier molecular flexibility index (Phi) is 7.03. The maximum atomic E-state index is 13.9. The number of anilines is 2. The number of hydrogen-bond acceptors (Lipinski definition) is 8. The van der Waals surface area contributed by atoms with E-state index in [1.165, 1.54) is 0 Å². The Bertz CT molecular complexity index is 1330. The van der Waals surface area contributed by atoms with Gasteiger partial charge in [-0.25, -0.2) is 4.98 Å². The molecule has 10 nitrogen and oxygen atoms in total. The number of fused-ring (bicyclic) bond motifs is 4. The zero-order valence-electron chi connectivity index (χ0n) is 21.7. The number of carbonyl (C=O) groups is 1. The highest BCUT2D eigenvalue weighted by Gasteiger charge is 2.33. The molecule has 0 saturated carbocycles. The van der Waals surface area contributed by atoms with E-state index in [2.05, 4.69) is 15.9 Å². The number of benzene rings is 1. The van der Waals surface area contributed by atoms with Gasteiger partial charge >= 0.3 is 0 Å². The van der Waals surface area contributed by atoms with Gasteiger partial charge < -0.3 is 29.9 Å². The first-order chi connectivity index (χ1) is 18.5. The summed E-state index contributed by atoms with van der Waals surface area (Å²) in [6.07, 6.45) is 3.74. The molecule has 3 aliphatic heterocycles. The third-order valence-electron chi connectivity index (χ3n) is 7.69. The predicted octanol–water partition coefficient (Wildman–Crippen LogP) is 3.13. The van der Waals surface area contributed by atoms with Crippen molar-refractivity contribution >= 4 is 34.8 Å². The molecule has 2 bridgehead atoms. The van der Waals surface area contributed by atoms with E-state index in [1.807, 2.05) is 22.5 Å². The number of halogens is 1. The van der Waals surface area contributed by atoms with Gasteiger partial charge in [-0.1, -0.05) is 11.6 Å². The van der Waals surface area contributed by atoms with Crippen LogP contribution in [0.1, 0.15) is 47.8 Å². The largest absolute Gasteiger partial charge is 0.490 e. The van der Waals surface area contributed by atoms with Crippen molar-refractivity contribution in [1.29, 1.82) is 0 Å². The molecule has 202 valence electrons. The summed E-state index contributed by atoms with van der Waals surface area (Å²) in [5, 5.41) is 5.52. The van der Waals surface area contributed by atoms with Crippen molar-refractivity contribution in [3.8, 4) is 5.75 Å². The average molecular weight is 540 g/mol. The van der Waals surface area contributed by atoms with Crippen LogP contribution in [0.3, 0.4) is 0 Å². The van der Waals surface area contributed by atoms with Crippen LogP contribution in [0.2, 0.25) is 5.02 Å². The van der Waals surface area contributed by atoms with Gasteiger partial charge in [0.25, 0.3) is 5.91 Å².